The molecule has 0 aliphatic heterocycles. The summed E-state index contributed by atoms with van der Waals surface area (Å²) < 4.78 is 1.96. The van der Waals surface area contributed by atoms with Crippen molar-refractivity contribution in [1.82, 2.24) is 14.9 Å². The summed E-state index contributed by atoms with van der Waals surface area (Å²) in [5.41, 5.74) is 0. The van der Waals surface area contributed by atoms with E-state index in [9.17, 15) is 4.79 Å². The topological polar surface area (TPSA) is 46.9 Å². The zero-order chi connectivity index (χ0) is 11.1. The van der Waals surface area contributed by atoms with Crippen molar-refractivity contribution < 1.29 is 4.79 Å². The van der Waals surface area contributed by atoms with Crippen molar-refractivity contribution in [2.45, 2.75) is 25.7 Å². The lowest BCUT2D eigenvalue weighted by Gasteiger charge is -2.01. The Bertz CT molecular complexity index is 307. The molecule has 1 aromatic heterocycles. The molecule has 0 fully saturated rings. The van der Waals surface area contributed by atoms with Crippen LogP contribution in [0, 0.1) is 0 Å². The Hall–Kier alpha value is -1.16. The van der Waals surface area contributed by atoms with Gasteiger partial charge in [0.05, 0.1) is 0 Å². The standard InChI is InChI=1S/C11H19N3O/c1-12-7-3-4-10(15)5-6-11-13-8-9-14(11)2/h8-9,12H,3-7H2,1-2H3. The minimum absolute atomic E-state index is 0.327. The van der Waals surface area contributed by atoms with Gasteiger partial charge in [-0.15, -0.1) is 0 Å². The number of rotatable bonds is 7. The Morgan fingerprint density at radius 2 is 2.33 bits per heavy atom. The van der Waals surface area contributed by atoms with Gasteiger partial charge in [0.1, 0.15) is 11.6 Å². The predicted octanol–water partition coefficient (Wildman–Crippen LogP) is 0.921. The van der Waals surface area contributed by atoms with Crippen molar-refractivity contribution in [2.24, 2.45) is 7.05 Å². The molecule has 0 aliphatic carbocycles. The van der Waals surface area contributed by atoms with E-state index < -0.39 is 0 Å². The van der Waals surface area contributed by atoms with Crippen LogP contribution in [0.1, 0.15) is 25.1 Å². The molecule has 1 aromatic rings. The summed E-state index contributed by atoms with van der Waals surface area (Å²) >= 11 is 0. The van der Waals surface area contributed by atoms with E-state index in [2.05, 4.69) is 10.3 Å². The van der Waals surface area contributed by atoms with Crippen LogP contribution in [-0.2, 0) is 18.3 Å². The summed E-state index contributed by atoms with van der Waals surface area (Å²) in [6, 6.07) is 0. The first kappa shape index (κ1) is 11.9. The molecule has 0 atom stereocenters. The fourth-order valence-electron chi connectivity index (χ4n) is 1.48. The van der Waals surface area contributed by atoms with Crippen molar-refractivity contribution in [2.75, 3.05) is 13.6 Å². The molecule has 84 valence electrons. The third kappa shape index (κ3) is 4.25. The van der Waals surface area contributed by atoms with E-state index in [4.69, 9.17) is 0 Å². The molecule has 0 unspecified atom stereocenters. The van der Waals surface area contributed by atoms with Gasteiger partial charge >= 0.3 is 0 Å². The lowest BCUT2D eigenvalue weighted by molar-refractivity contribution is -0.119. The number of hydrogen-bond acceptors (Lipinski definition) is 3. The van der Waals surface area contributed by atoms with Gasteiger partial charge in [-0.25, -0.2) is 4.98 Å². The number of nitrogens with one attached hydrogen (secondary N) is 1. The molecule has 0 saturated heterocycles. The lowest BCUT2D eigenvalue weighted by atomic mass is 10.1. The zero-order valence-electron chi connectivity index (χ0n) is 9.49. The van der Waals surface area contributed by atoms with E-state index in [1.165, 1.54) is 0 Å². The summed E-state index contributed by atoms with van der Waals surface area (Å²) in [7, 11) is 3.85. The number of hydrogen-bond donors (Lipinski definition) is 1. The van der Waals surface area contributed by atoms with E-state index in [1.54, 1.807) is 6.20 Å². The lowest BCUT2D eigenvalue weighted by Crippen LogP contribution is -2.10. The number of ketones is 1. The number of aromatic nitrogens is 2. The predicted molar refractivity (Wildman–Crippen MR) is 59.7 cm³/mol. The molecule has 15 heavy (non-hydrogen) atoms. The molecule has 0 aliphatic rings. The molecule has 1 N–H and O–H groups in total. The summed E-state index contributed by atoms with van der Waals surface area (Å²) in [5.74, 6) is 1.31. The zero-order valence-corrected chi connectivity index (χ0v) is 9.49. The normalized spacial score (nSPS) is 10.5. The Labute approximate surface area is 90.7 Å². The molecule has 0 spiro atoms. The first-order chi connectivity index (χ1) is 7.24. The van der Waals surface area contributed by atoms with Gasteiger partial charge < -0.3 is 9.88 Å². The second-order valence-electron chi connectivity index (χ2n) is 3.70. The van der Waals surface area contributed by atoms with Crippen molar-refractivity contribution in [3.63, 3.8) is 0 Å². The highest BCUT2D eigenvalue weighted by Gasteiger charge is 2.04. The van der Waals surface area contributed by atoms with Gasteiger partial charge in [-0.1, -0.05) is 0 Å². The Kier molecular flexibility index (Phi) is 5.04. The summed E-state index contributed by atoms with van der Waals surface area (Å²) in [5, 5.41) is 3.03. The summed E-state index contributed by atoms with van der Waals surface area (Å²) in [6.07, 6.45) is 6.62. The molecule has 4 heteroatoms. The monoisotopic (exact) mass is 209 g/mol. The van der Waals surface area contributed by atoms with Crippen molar-refractivity contribution in [1.29, 1.82) is 0 Å². The second kappa shape index (κ2) is 6.35. The first-order valence-corrected chi connectivity index (χ1v) is 5.36. The number of Topliss-reactive ketones (excluding diaryl/α,β-unsaturated/α-hetero) is 1. The van der Waals surface area contributed by atoms with Crippen LogP contribution in [-0.4, -0.2) is 28.9 Å². The molecule has 0 radical (unpaired) electrons. The molecular weight excluding hydrogens is 190 g/mol. The fourth-order valence-corrected chi connectivity index (χ4v) is 1.48. The highest BCUT2D eigenvalue weighted by atomic mass is 16.1. The SMILES string of the molecule is CNCCCC(=O)CCc1nccn1C. The average Bonchev–Trinajstić information content (AvgIpc) is 2.61. The first-order valence-electron chi connectivity index (χ1n) is 5.36. The largest absolute Gasteiger partial charge is 0.338 e. The van der Waals surface area contributed by atoms with E-state index in [0.29, 0.717) is 18.6 Å². The smallest absolute Gasteiger partial charge is 0.133 e. The molecule has 0 amide bonds. The van der Waals surface area contributed by atoms with Gasteiger partial charge in [-0.2, -0.15) is 0 Å². The number of imidazole rings is 1. The van der Waals surface area contributed by atoms with Gasteiger partial charge in [-0.05, 0) is 20.0 Å². The van der Waals surface area contributed by atoms with Gasteiger partial charge in [0.2, 0.25) is 0 Å². The van der Waals surface area contributed by atoms with Crippen molar-refractivity contribution >= 4 is 5.78 Å². The van der Waals surface area contributed by atoms with Gasteiger partial charge in [-0.3, -0.25) is 4.79 Å². The third-order valence-electron chi connectivity index (χ3n) is 2.43. The van der Waals surface area contributed by atoms with Gasteiger partial charge in [0, 0.05) is 38.7 Å². The van der Waals surface area contributed by atoms with Crippen LogP contribution in [0.4, 0.5) is 0 Å². The Morgan fingerprint density at radius 3 is 2.93 bits per heavy atom. The van der Waals surface area contributed by atoms with Crippen LogP contribution in [0.25, 0.3) is 0 Å². The highest BCUT2D eigenvalue weighted by Crippen LogP contribution is 2.02. The Balaban J connectivity index is 2.20. The quantitative estimate of drug-likeness (QED) is 0.679. The average molecular weight is 209 g/mol. The van der Waals surface area contributed by atoms with Crippen LogP contribution in [0.3, 0.4) is 0 Å². The van der Waals surface area contributed by atoms with Crippen molar-refractivity contribution in [3.05, 3.63) is 18.2 Å². The van der Waals surface area contributed by atoms with Gasteiger partial charge in [0.15, 0.2) is 0 Å². The molecule has 4 nitrogen and oxygen atoms in total. The number of carbonyl (C=O) groups is 1. The van der Waals surface area contributed by atoms with Crippen LogP contribution in [0.2, 0.25) is 0 Å². The molecule has 1 heterocycles. The molecule has 0 aromatic carbocycles. The molecule has 0 bridgehead atoms. The maximum atomic E-state index is 11.5. The Morgan fingerprint density at radius 1 is 1.53 bits per heavy atom. The van der Waals surface area contributed by atoms with Crippen molar-refractivity contribution in [3.8, 4) is 0 Å². The van der Waals surface area contributed by atoms with Gasteiger partial charge in [0.25, 0.3) is 0 Å². The summed E-state index contributed by atoms with van der Waals surface area (Å²) in [4.78, 5) is 15.6. The number of aryl methyl sites for hydroxylation is 2. The van der Waals surface area contributed by atoms with E-state index in [-0.39, 0.29) is 0 Å². The van der Waals surface area contributed by atoms with Crippen LogP contribution in [0.5, 0.6) is 0 Å². The van der Waals surface area contributed by atoms with Crippen LogP contribution >= 0.6 is 0 Å². The number of nitrogens with zero attached hydrogens (tertiary/aromatic N) is 2. The van der Waals surface area contributed by atoms with E-state index in [0.717, 1.165) is 25.2 Å². The maximum Gasteiger partial charge on any atom is 0.133 e. The van der Waals surface area contributed by atoms with E-state index >= 15 is 0 Å². The number of carbonyl (C=O) groups excluding carboxylic acids is 1. The van der Waals surface area contributed by atoms with E-state index in [1.807, 2.05) is 24.9 Å². The van der Waals surface area contributed by atoms with Crippen LogP contribution in [0.15, 0.2) is 12.4 Å². The minimum atomic E-state index is 0.327. The molecule has 0 saturated carbocycles. The molecule has 1 rings (SSSR count). The highest BCUT2D eigenvalue weighted by molar-refractivity contribution is 5.78. The third-order valence-corrected chi connectivity index (χ3v) is 2.43. The minimum Gasteiger partial charge on any atom is -0.338 e. The van der Waals surface area contributed by atoms with Crippen LogP contribution < -0.4 is 5.32 Å². The molecular formula is C11H19N3O. The summed E-state index contributed by atoms with van der Waals surface area (Å²) in [6.45, 7) is 0.911. The maximum absolute atomic E-state index is 11.5. The fraction of sp³-hybridized carbons (Fsp3) is 0.636. The second-order valence-corrected chi connectivity index (χ2v) is 3.70.